The molecule has 1 amide bonds. The summed E-state index contributed by atoms with van der Waals surface area (Å²) in [7, 11) is 0. The Hall–Kier alpha value is -1.50. The predicted molar refractivity (Wildman–Crippen MR) is 61.0 cm³/mol. The molecule has 7 heteroatoms. The molecule has 17 heavy (non-hydrogen) atoms. The van der Waals surface area contributed by atoms with Crippen LogP contribution in [0.15, 0.2) is 6.33 Å². The Morgan fingerprint density at radius 2 is 2.29 bits per heavy atom. The number of amides is 1. The van der Waals surface area contributed by atoms with Crippen LogP contribution in [0.3, 0.4) is 0 Å². The Bertz CT molecular complexity index is 344. The molecule has 0 aliphatic carbocycles. The maximum absolute atomic E-state index is 11.5. The standard InChI is InChI=1S/C10H19N5O2/c1-8(10(2,3)17)12-9(16)5-4-6-15-7-11-13-14-15/h7-8,17H,4-6H2,1-3H3,(H,12,16). The summed E-state index contributed by atoms with van der Waals surface area (Å²) < 4.78 is 1.58. The van der Waals surface area contributed by atoms with Crippen molar-refractivity contribution in [3.63, 3.8) is 0 Å². The van der Waals surface area contributed by atoms with Gasteiger partial charge in [0, 0.05) is 13.0 Å². The van der Waals surface area contributed by atoms with Crippen molar-refractivity contribution >= 4 is 5.91 Å². The predicted octanol–water partition coefficient (Wildman–Crippen LogP) is -0.271. The van der Waals surface area contributed by atoms with E-state index in [1.165, 1.54) is 6.33 Å². The minimum absolute atomic E-state index is 0.0762. The van der Waals surface area contributed by atoms with Crippen LogP contribution in [0.25, 0.3) is 0 Å². The number of aromatic nitrogens is 4. The highest BCUT2D eigenvalue weighted by molar-refractivity contribution is 5.76. The van der Waals surface area contributed by atoms with Gasteiger partial charge in [-0.05, 0) is 37.6 Å². The summed E-state index contributed by atoms with van der Waals surface area (Å²) in [5.74, 6) is -0.0762. The molecule has 2 N–H and O–H groups in total. The molecule has 1 heterocycles. The molecule has 0 bridgehead atoms. The van der Waals surface area contributed by atoms with Crippen LogP contribution in [-0.2, 0) is 11.3 Å². The van der Waals surface area contributed by atoms with Gasteiger partial charge in [-0.25, -0.2) is 4.68 Å². The van der Waals surface area contributed by atoms with Gasteiger partial charge in [-0.3, -0.25) is 4.79 Å². The molecule has 0 saturated carbocycles. The highest BCUT2D eigenvalue weighted by Crippen LogP contribution is 2.07. The summed E-state index contributed by atoms with van der Waals surface area (Å²) in [4.78, 5) is 11.5. The van der Waals surface area contributed by atoms with E-state index in [9.17, 15) is 9.90 Å². The number of aliphatic hydroxyl groups is 1. The van der Waals surface area contributed by atoms with Gasteiger partial charge in [0.1, 0.15) is 6.33 Å². The number of carbonyl (C=O) groups is 1. The molecule has 1 unspecified atom stereocenters. The van der Waals surface area contributed by atoms with Crippen molar-refractivity contribution in [2.24, 2.45) is 0 Å². The first-order chi connectivity index (χ1) is 7.89. The lowest BCUT2D eigenvalue weighted by Crippen LogP contribution is -2.47. The van der Waals surface area contributed by atoms with Gasteiger partial charge in [0.25, 0.3) is 0 Å². The average molecular weight is 241 g/mol. The maximum atomic E-state index is 11.5. The normalized spacial score (nSPS) is 13.4. The molecule has 1 atom stereocenters. The van der Waals surface area contributed by atoms with Gasteiger partial charge in [0.2, 0.25) is 5.91 Å². The van der Waals surface area contributed by atoms with Crippen LogP contribution < -0.4 is 5.32 Å². The average Bonchev–Trinajstić information content (AvgIpc) is 2.69. The van der Waals surface area contributed by atoms with Crippen LogP contribution in [-0.4, -0.2) is 42.9 Å². The number of hydrogen-bond donors (Lipinski definition) is 2. The fourth-order valence-electron chi connectivity index (χ4n) is 1.17. The topological polar surface area (TPSA) is 92.9 Å². The zero-order valence-electron chi connectivity index (χ0n) is 10.4. The molecule has 0 aliphatic rings. The second kappa shape index (κ2) is 5.72. The molecular weight excluding hydrogens is 222 g/mol. The summed E-state index contributed by atoms with van der Waals surface area (Å²) in [5.41, 5.74) is -0.911. The molecule has 0 spiro atoms. The number of aryl methyl sites for hydroxylation is 1. The fraction of sp³-hybridized carbons (Fsp3) is 0.800. The number of carbonyl (C=O) groups excluding carboxylic acids is 1. The van der Waals surface area contributed by atoms with Crippen molar-refractivity contribution < 1.29 is 9.90 Å². The van der Waals surface area contributed by atoms with Crippen molar-refractivity contribution in [1.29, 1.82) is 0 Å². The Balaban J connectivity index is 2.22. The van der Waals surface area contributed by atoms with E-state index in [4.69, 9.17) is 0 Å². The number of tetrazole rings is 1. The molecule has 96 valence electrons. The van der Waals surface area contributed by atoms with Gasteiger partial charge in [-0.2, -0.15) is 0 Å². The van der Waals surface area contributed by atoms with Gasteiger partial charge in [-0.15, -0.1) is 5.10 Å². The minimum atomic E-state index is -0.911. The van der Waals surface area contributed by atoms with Crippen molar-refractivity contribution in [2.75, 3.05) is 0 Å². The highest BCUT2D eigenvalue weighted by Gasteiger charge is 2.23. The molecule has 0 aromatic carbocycles. The van der Waals surface area contributed by atoms with Crippen LogP contribution >= 0.6 is 0 Å². The van der Waals surface area contributed by atoms with Crippen molar-refractivity contribution in [3.05, 3.63) is 6.33 Å². The lowest BCUT2D eigenvalue weighted by atomic mass is 10.0. The molecule has 0 fully saturated rings. The second-order valence-electron chi connectivity index (χ2n) is 4.62. The SMILES string of the molecule is CC(NC(=O)CCCn1cnnn1)C(C)(C)O. The number of hydrogen-bond acceptors (Lipinski definition) is 5. The number of nitrogens with one attached hydrogen (secondary N) is 1. The molecule has 0 saturated heterocycles. The Morgan fingerprint density at radius 1 is 1.59 bits per heavy atom. The molecule has 1 aromatic rings. The van der Waals surface area contributed by atoms with Crippen molar-refractivity contribution in [2.45, 2.75) is 51.8 Å². The molecule has 0 aliphatic heterocycles. The first-order valence-corrected chi connectivity index (χ1v) is 5.62. The summed E-state index contributed by atoms with van der Waals surface area (Å²) in [6.45, 7) is 5.72. The summed E-state index contributed by atoms with van der Waals surface area (Å²) in [6, 6.07) is -0.275. The van der Waals surface area contributed by atoms with Crippen LogP contribution in [0, 0.1) is 0 Å². The first-order valence-electron chi connectivity index (χ1n) is 5.62. The number of rotatable bonds is 6. The molecule has 7 nitrogen and oxygen atoms in total. The van der Waals surface area contributed by atoms with E-state index >= 15 is 0 Å². The summed E-state index contributed by atoms with van der Waals surface area (Å²) >= 11 is 0. The van der Waals surface area contributed by atoms with Gasteiger partial charge < -0.3 is 10.4 Å². The van der Waals surface area contributed by atoms with E-state index in [-0.39, 0.29) is 11.9 Å². The summed E-state index contributed by atoms with van der Waals surface area (Å²) in [5, 5.41) is 23.1. The highest BCUT2D eigenvalue weighted by atomic mass is 16.3. The quantitative estimate of drug-likeness (QED) is 0.715. The van der Waals surface area contributed by atoms with Crippen LogP contribution in [0.5, 0.6) is 0 Å². The van der Waals surface area contributed by atoms with E-state index in [0.717, 1.165) is 0 Å². The third kappa shape index (κ3) is 4.90. The van der Waals surface area contributed by atoms with Gasteiger partial charge >= 0.3 is 0 Å². The maximum Gasteiger partial charge on any atom is 0.220 e. The zero-order chi connectivity index (χ0) is 12.9. The van der Waals surface area contributed by atoms with Gasteiger partial charge in [0.05, 0.1) is 11.6 Å². The van der Waals surface area contributed by atoms with E-state index in [1.54, 1.807) is 25.5 Å². The largest absolute Gasteiger partial charge is 0.388 e. The second-order valence-corrected chi connectivity index (χ2v) is 4.62. The van der Waals surface area contributed by atoms with E-state index in [2.05, 4.69) is 20.8 Å². The lowest BCUT2D eigenvalue weighted by Gasteiger charge is -2.26. The van der Waals surface area contributed by atoms with Gasteiger partial charge in [0.15, 0.2) is 0 Å². The zero-order valence-corrected chi connectivity index (χ0v) is 10.4. The Labute approximate surface area is 100 Å². The van der Waals surface area contributed by atoms with Gasteiger partial charge in [-0.1, -0.05) is 0 Å². The Morgan fingerprint density at radius 3 is 2.82 bits per heavy atom. The van der Waals surface area contributed by atoms with Crippen LogP contribution in [0.2, 0.25) is 0 Å². The molecule has 0 radical (unpaired) electrons. The first kappa shape index (κ1) is 13.6. The van der Waals surface area contributed by atoms with Crippen molar-refractivity contribution in [3.8, 4) is 0 Å². The molecule has 1 aromatic heterocycles. The lowest BCUT2D eigenvalue weighted by molar-refractivity contribution is -0.123. The smallest absolute Gasteiger partial charge is 0.220 e. The summed E-state index contributed by atoms with van der Waals surface area (Å²) in [6.07, 6.45) is 2.56. The van der Waals surface area contributed by atoms with Crippen LogP contribution in [0.4, 0.5) is 0 Å². The third-order valence-electron chi connectivity index (χ3n) is 2.62. The van der Waals surface area contributed by atoms with E-state index in [1.807, 2.05) is 0 Å². The third-order valence-corrected chi connectivity index (χ3v) is 2.62. The Kier molecular flexibility index (Phi) is 4.56. The van der Waals surface area contributed by atoms with Crippen LogP contribution in [0.1, 0.15) is 33.6 Å². The molecular formula is C10H19N5O2. The van der Waals surface area contributed by atoms with E-state index < -0.39 is 5.60 Å². The van der Waals surface area contributed by atoms with E-state index in [0.29, 0.717) is 19.4 Å². The van der Waals surface area contributed by atoms with Crippen molar-refractivity contribution in [1.82, 2.24) is 25.5 Å². The number of nitrogens with zero attached hydrogens (tertiary/aromatic N) is 4. The monoisotopic (exact) mass is 241 g/mol. The molecule has 1 rings (SSSR count). The minimum Gasteiger partial charge on any atom is -0.388 e. The fourth-order valence-corrected chi connectivity index (χ4v) is 1.17.